The molecule has 0 bridgehead atoms. The average molecular weight is 646 g/mol. The molecule has 0 spiro atoms. The number of aromatic nitrogens is 2. The van der Waals surface area contributed by atoms with Crippen molar-refractivity contribution in [3.05, 3.63) is 84.5 Å². The second-order valence-electron chi connectivity index (χ2n) is 7.89. The van der Waals surface area contributed by atoms with Gasteiger partial charge in [0.1, 0.15) is 10.6 Å². The quantitative estimate of drug-likeness (QED) is 0.170. The smallest absolute Gasteiger partial charge is 0.282 e. The van der Waals surface area contributed by atoms with Gasteiger partial charge in [-0.05, 0) is 72.2 Å². The van der Waals surface area contributed by atoms with Gasteiger partial charge in [-0.2, -0.15) is 9.78 Å². The van der Waals surface area contributed by atoms with Crippen molar-refractivity contribution in [1.82, 2.24) is 9.66 Å². The van der Waals surface area contributed by atoms with E-state index >= 15 is 0 Å². The molecule has 0 fully saturated rings. The second kappa shape index (κ2) is 10.7. The molecular formula is C27H20Br2ClN3O4. The van der Waals surface area contributed by atoms with Crippen molar-refractivity contribution in [2.75, 3.05) is 13.2 Å². The van der Waals surface area contributed by atoms with Crippen LogP contribution in [0.25, 0.3) is 33.5 Å². The van der Waals surface area contributed by atoms with Crippen LogP contribution in [0.3, 0.4) is 0 Å². The van der Waals surface area contributed by atoms with E-state index < -0.39 is 0 Å². The molecule has 37 heavy (non-hydrogen) atoms. The zero-order valence-electron chi connectivity index (χ0n) is 19.8. The zero-order chi connectivity index (χ0) is 26.1. The molecule has 10 heteroatoms. The van der Waals surface area contributed by atoms with Gasteiger partial charge in [0.05, 0.1) is 30.3 Å². The monoisotopic (exact) mass is 643 g/mol. The summed E-state index contributed by atoms with van der Waals surface area (Å²) in [7, 11) is 0. The van der Waals surface area contributed by atoms with E-state index in [1.54, 1.807) is 24.3 Å². The topological polar surface area (TPSA) is 78.9 Å². The number of benzene rings is 3. The van der Waals surface area contributed by atoms with E-state index in [0.29, 0.717) is 62.0 Å². The SMILES string of the molecule is CCOc1cc(C=Nn2c(-c3cc4cc(Br)ccc4o3)nc3ccccc3c2=O)c(Br)c(Cl)c1OCC. The van der Waals surface area contributed by atoms with Crippen LogP contribution in [0.4, 0.5) is 0 Å². The molecule has 3 aromatic carbocycles. The summed E-state index contributed by atoms with van der Waals surface area (Å²) < 4.78 is 20.2. The first-order valence-electron chi connectivity index (χ1n) is 11.4. The van der Waals surface area contributed by atoms with Crippen molar-refractivity contribution in [3.8, 4) is 23.1 Å². The minimum absolute atomic E-state index is 0.269. The molecule has 0 unspecified atom stereocenters. The molecule has 0 amide bonds. The molecule has 0 atom stereocenters. The maximum atomic E-state index is 13.6. The summed E-state index contributed by atoms with van der Waals surface area (Å²) in [6.07, 6.45) is 1.52. The van der Waals surface area contributed by atoms with Gasteiger partial charge in [0.25, 0.3) is 5.56 Å². The molecule has 0 aliphatic heterocycles. The summed E-state index contributed by atoms with van der Waals surface area (Å²) in [6.45, 7) is 4.59. The van der Waals surface area contributed by atoms with Gasteiger partial charge in [-0.3, -0.25) is 4.79 Å². The van der Waals surface area contributed by atoms with Crippen LogP contribution in [-0.2, 0) is 0 Å². The van der Waals surface area contributed by atoms with Crippen molar-refractivity contribution in [2.45, 2.75) is 13.8 Å². The lowest BCUT2D eigenvalue weighted by Gasteiger charge is -2.15. The van der Waals surface area contributed by atoms with Crippen LogP contribution < -0.4 is 15.0 Å². The largest absolute Gasteiger partial charge is 0.490 e. The highest BCUT2D eigenvalue weighted by atomic mass is 79.9. The molecule has 0 saturated heterocycles. The molecule has 0 aliphatic rings. The summed E-state index contributed by atoms with van der Waals surface area (Å²) in [6, 6.07) is 16.4. The van der Waals surface area contributed by atoms with Gasteiger partial charge in [0.15, 0.2) is 17.3 Å². The number of rotatable bonds is 7. The van der Waals surface area contributed by atoms with Gasteiger partial charge in [-0.25, -0.2) is 4.98 Å². The lowest BCUT2D eigenvalue weighted by atomic mass is 10.2. The Hall–Kier alpha value is -3.14. The Balaban J connectivity index is 1.70. The number of ether oxygens (including phenoxy) is 2. The maximum Gasteiger partial charge on any atom is 0.282 e. The summed E-state index contributed by atoms with van der Waals surface area (Å²) in [5.41, 5.74) is 1.46. The fraction of sp³-hybridized carbons (Fsp3) is 0.148. The fourth-order valence-electron chi connectivity index (χ4n) is 3.87. The lowest BCUT2D eigenvalue weighted by molar-refractivity contribution is 0.287. The molecule has 5 rings (SSSR count). The van der Waals surface area contributed by atoms with E-state index in [2.05, 4.69) is 37.0 Å². The van der Waals surface area contributed by atoms with E-state index in [9.17, 15) is 4.79 Å². The molecule has 0 saturated carbocycles. The Bertz CT molecular complexity index is 1730. The molecule has 188 valence electrons. The Morgan fingerprint density at radius 1 is 1.08 bits per heavy atom. The number of hydrogen-bond donors (Lipinski definition) is 0. The van der Waals surface area contributed by atoms with Crippen LogP contribution in [0, 0.1) is 0 Å². The third kappa shape index (κ3) is 4.91. The van der Waals surface area contributed by atoms with Crippen molar-refractivity contribution >= 4 is 71.5 Å². The van der Waals surface area contributed by atoms with Crippen molar-refractivity contribution in [1.29, 1.82) is 0 Å². The average Bonchev–Trinajstić information content (AvgIpc) is 3.31. The Morgan fingerprint density at radius 3 is 2.65 bits per heavy atom. The van der Waals surface area contributed by atoms with Crippen molar-refractivity contribution < 1.29 is 13.9 Å². The minimum Gasteiger partial charge on any atom is -0.490 e. The minimum atomic E-state index is -0.336. The molecule has 7 nitrogen and oxygen atoms in total. The van der Waals surface area contributed by atoms with E-state index in [0.717, 1.165) is 9.86 Å². The van der Waals surface area contributed by atoms with Crippen LogP contribution in [0.15, 0.2) is 77.9 Å². The number of fused-ring (bicyclic) bond motifs is 2. The normalized spacial score (nSPS) is 11.6. The Morgan fingerprint density at radius 2 is 1.86 bits per heavy atom. The highest BCUT2D eigenvalue weighted by Crippen LogP contribution is 2.42. The van der Waals surface area contributed by atoms with E-state index in [-0.39, 0.29) is 11.4 Å². The van der Waals surface area contributed by atoms with Crippen molar-refractivity contribution in [2.24, 2.45) is 5.10 Å². The maximum absolute atomic E-state index is 13.6. The summed E-state index contributed by atoms with van der Waals surface area (Å²) in [5, 5.41) is 6.18. The molecule has 0 radical (unpaired) electrons. The first kappa shape index (κ1) is 25.5. The summed E-state index contributed by atoms with van der Waals surface area (Å²) in [5.74, 6) is 1.59. The standard InChI is InChI=1S/C27H20Br2ClN3O4/c1-3-35-21-13-16(23(29)24(30)25(21)36-4-2)14-31-33-26(32-19-8-6-5-7-18(19)27(33)34)22-12-15-11-17(28)9-10-20(15)37-22/h5-14H,3-4H2,1-2H3. The van der Waals surface area contributed by atoms with Crippen LogP contribution in [-0.4, -0.2) is 29.1 Å². The number of hydrogen-bond acceptors (Lipinski definition) is 6. The molecule has 2 aromatic heterocycles. The Kier molecular flexibility index (Phi) is 7.37. The van der Waals surface area contributed by atoms with Gasteiger partial charge in [-0.1, -0.05) is 39.7 Å². The van der Waals surface area contributed by atoms with Gasteiger partial charge in [0.2, 0.25) is 5.82 Å². The predicted molar refractivity (Wildman–Crippen MR) is 153 cm³/mol. The van der Waals surface area contributed by atoms with Crippen LogP contribution in [0.1, 0.15) is 19.4 Å². The fourth-order valence-corrected chi connectivity index (χ4v) is 4.91. The number of para-hydroxylation sites is 1. The summed E-state index contributed by atoms with van der Waals surface area (Å²) in [4.78, 5) is 18.3. The van der Waals surface area contributed by atoms with Crippen molar-refractivity contribution in [3.63, 3.8) is 0 Å². The molecular weight excluding hydrogens is 626 g/mol. The Labute approximate surface area is 233 Å². The van der Waals surface area contributed by atoms with Crippen LogP contribution in [0.2, 0.25) is 5.02 Å². The van der Waals surface area contributed by atoms with E-state index in [1.165, 1.54) is 10.9 Å². The van der Waals surface area contributed by atoms with Crippen LogP contribution >= 0.6 is 43.5 Å². The van der Waals surface area contributed by atoms with Gasteiger partial charge >= 0.3 is 0 Å². The number of furan rings is 1. The first-order valence-corrected chi connectivity index (χ1v) is 13.4. The highest BCUT2D eigenvalue weighted by molar-refractivity contribution is 9.10. The van der Waals surface area contributed by atoms with E-state index in [1.807, 2.05) is 44.2 Å². The second-order valence-corrected chi connectivity index (χ2v) is 9.98. The number of nitrogens with zero attached hydrogens (tertiary/aromatic N) is 3. The van der Waals surface area contributed by atoms with Gasteiger partial charge in [-0.15, -0.1) is 0 Å². The molecule has 2 heterocycles. The predicted octanol–water partition coefficient (Wildman–Crippen LogP) is 7.67. The summed E-state index contributed by atoms with van der Waals surface area (Å²) >= 11 is 13.6. The molecule has 5 aromatic rings. The zero-order valence-corrected chi connectivity index (χ0v) is 23.7. The van der Waals surface area contributed by atoms with E-state index in [4.69, 9.17) is 30.5 Å². The third-order valence-electron chi connectivity index (χ3n) is 5.51. The first-order chi connectivity index (χ1) is 17.9. The molecule has 0 aliphatic carbocycles. The van der Waals surface area contributed by atoms with Gasteiger partial charge < -0.3 is 13.9 Å². The lowest BCUT2D eigenvalue weighted by Crippen LogP contribution is -2.20. The van der Waals surface area contributed by atoms with Crippen LogP contribution in [0.5, 0.6) is 11.5 Å². The van der Waals surface area contributed by atoms with Gasteiger partial charge in [0, 0.05) is 19.9 Å². The number of halogens is 3. The highest BCUT2D eigenvalue weighted by Gasteiger charge is 2.19. The molecule has 0 N–H and O–H groups in total. The third-order valence-corrected chi connectivity index (χ3v) is 7.45.